The van der Waals surface area contributed by atoms with Crippen LogP contribution in [0.25, 0.3) is 0 Å². The summed E-state index contributed by atoms with van der Waals surface area (Å²) in [5.41, 5.74) is 3.42. The lowest BCUT2D eigenvalue weighted by Crippen LogP contribution is -2.13. The molecule has 3 heteroatoms. The highest BCUT2D eigenvalue weighted by Gasteiger charge is 2.09. The fourth-order valence-corrected chi connectivity index (χ4v) is 2.00. The van der Waals surface area contributed by atoms with Gasteiger partial charge in [0.05, 0.1) is 0 Å². The van der Waals surface area contributed by atoms with Crippen molar-refractivity contribution in [2.24, 2.45) is 0 Å². The molecule has 0 aliphatic rings. The van der Waals surface area contributed by atoms with E-state index in [9.17, 15) is 4.79 Å². The molecule has 0 heterocycles. The quantitative estimate of drug-likeness (QED) is 0.837. The minimum Gasteiger partial charge on any atom is -0.489 e. The van der Waals surface area contributed by atoms with Crippen molar-refractivity contribution in [3.63, 3.8) is 0 Å². The predicted octanol–water partition coefficient (Wildman–Crippen LogP) is 4.12. The van der Waals surface area contributed by atoms with E-state index in [2.05, 4.69) is 11.9 Å². The third kappa shape index (κ3) is 3.96. The van der Waals surface area contributed by atoms with Crippen LogP contribution in [0.1, 0.15) is 21.5 Å². The van der Waals surface area contributed by atoms with Gasteiger partial charge in [0.25, 0.3) is 5.91 Å². The molecule has 1 amide bonds. The predicted molar refractivity (Wildman–Crippen MR) is 86.0 cm³/mol. The molecule has 0 radical (unpaired) electrons. The molecule has 3 nitrogen and oxygen atoms in total. The van der Waals surface area contributed by atoms with Crippen molar-refractivity contribution in [3.8, 4) is 5.75 Å². The number of aryl methyl sites for hydroxylation is 2. The van der Waals surface area contributed by atoms with Gasteiger partial charge in [-0.3, -0.25) is 4.79 Å². The number of rotatable bonds is 5. The number of carbonyl (C=O) groups excluding carboxylic acids is 1. The van der Waals surface area contributed by atoms with Gasteiger partial charge in [-0.15, -0.1) is 0 Å². The summed E-state index contributed by atoms with van der Waals surface area (Å²) in [7, 11) is 0. The van der Waals surface area contributed by atoms with Crippen LogP contribution < -0.4 is 10.1 Å². The zero-order valence-electron chi connectivity index (χ0n) is 12.3. The minimum absolute atomic E-state index is 0.114. The summed E-state index contributed by atoms with van der Waals surface area (Å²) in [4.78, 5) is 12.3. The number of ether oxygens (including phenoxy) is 1. The van der Waals surface area contributed by atoms with Crippen molar-refractivity contribution in [1.82, 2.24) is 0 Å². The van der Waals surface area contributed by atoms with E-state index >= 15 is 0 Å². The largest absolute Gasteiger partial charge is 0.489 e. The highest BCUT2D eigenvalue weighted by molar-refractivity contribution is 6.05. The first-order valence-corrected chi connectivity index (χ1v) is 6.82. The Kier molecular flexibility index (Phi) is 4.77. The van der Waals surface area contributed by atoms with Gasteiger partial charge >= 0.3 is 0 Å². The first kappa shape index (κ1) is 14.9. The Hall–Kier alpha value is -2.55. The summed E-state index contributed by atoms with van der Waals surface area (Å²) in [5, 5.41) is 2.90. The summed E-state index contributed by atoms with van der Waals surface area (Å²) >= 11 is 0. The molecule has 108 valence electrons. The zero-order chi connectivity index (χ0) is 15.2. The molecule has 21 heavy (non-hydrogen) atoms. The monoisotopic (exact) mass is 281 g/mol. The van der Waals surface area contributed by atoms with Crippen LogP contribution in [-0.2, 0) is 0 Å². The SMILES string of the molecule is C=CCOc1cccc(NC(=O)c2cc(C)ccc2C)c1. The first-order chi connectivity index (χ1) is 10.1. The second-order valence-electron chi connectivity index (χ2n) is 4.90. The number of carbonyl (C=O) groups is 1. The third-order valence-electron chi connectivity index (χ3n) is 3.10. The van der Waals surface area contributed by atoms with E-state index in [4.69, 9.17) is 4.74 Å². The fourth-order valence-electron chi connectivity index (χ4n) is 2.00. The van der Waals surface area contributed by atoms with Crippen LogP contribution in [0.15, 0.2) is 55.1 Å². The van der Waals surface area contributed by atoms with Crippen LogP contribution in [-0.4, -0.2) is 12.5 Å². The average molecular weight is 281 g/mol. The van der Waals surface area contributed by atoms with Gasteiger partial charge in [-0.1, -0.05) is 36.4 Å². The van der Waals surface area contributed by atoms with Crippen molar-refractivity contribution in [2.75, 3.05) is 11.9 Å². The Labute approximate surface area is 125 Å². The molecule has 0 aliphatic carbocycles. The normalized spacial score (nSPS) is 10.0. The van der Waals surface area contributed by atoms with E-state index in [0.717, 1.165) is 11.1 Å². The van der Waals surface area contributed by atoms with Gasteiger partial charge < -0.3 is 10.1 Å². The van der Waals surface area contributed by atoms with E-state index < -0.39 is 0 Å². The van der Waals surface area contributed by atoms with Crippen molar-refractivity contribution in [2.45, 2.75) is 13.8 Å². The van der Waals surface area contributed by atoms with Gasteiger partial charge in [0.1, 0.15) is 12.4 Å². The lowest BCUT2D eigenvalue weighted by atomic mass is 10.1. The van der Waals surface area contributed by atoms with Crippen LogP contribution in [0, 0.1) is 13.8 Å². The molecule has 0 aromatic heterocycles. The highest BCUT2D eigenvalue weighted by atomic mass is 16.5. The Bertz CT molecular complexity index is 662. The molecule has 2 aromatic carbocycles. The van der Waals surface area contributed by atoms with Gasteiger partial charge in [-0.25, -0.2) is 0 Å². The van der Waals surface area contributed by atoms with E-state index in [0.29, 0.717) is 23.6 Å². The highest BCUT2D eigenvalue weighted by Crippen LogP contribution is 2.19. The molecule has 0 saturated heterocycles. The summed E-state index contributed by atoms with van der Waals surface area (Å²) in [6, 6.07) is 13.2. The molecule has 2 aromatic rings. The molecule has 0 spiro atoms. The Morgan fingerprint density at radius 2 is 2.05 bits per heavy atom. The summed E-state index contributed by atoms with van der Waals surface area (Å²) < 4.78 is 5.46. The third-order valence-corrected chi connectivity index (χ3v) is 3.10. The number of amides is 1. The van der Waals surface area contributed by atoms with Gasteiger partial charge in [-0.2, -0.15) is 0 Å². The van der Waals surface area contributed by atoms with E-state index in [-0.39, 0.29) is 5.91 Å². The van der Waals surface area contributed by atoms with Crippen LogP contribution in [0.2, 0.25) is 0 Å². The van der Waals surface area contributed by atoms with Gasteiger partial charge in [0.15, 0.2) is 0 Å². The number of hydrogen-bond acceptors (Lipinski definition) is 2. The number of anilines is 1. The van der Waals surface area contributed by atoms with Crippen molar-refractivity contribution >= 4 is 11.6 Å². The number of benzene rings is 2. The molecule has 0 saturated carbocycles. The molecule has 0 aliphatic heterocycles. The molecule has 1 N–H and O–H groups in total. The fraction of sp³-hybridized carbons (Fsp3) is 0.167. The van der Waals surface area contributed by atoms with Crippen molar-refractivity contribution in [3.05, 3.63) is 71.8 Å². The number of nitrogens with one attached hydrogen (secondary N) is 1. The molecule has 0 fully saturated rings. The van der Waals surface area contributed by atoms with Gasteiger partial charge in [0.2, 0.25) is 0 Å². The average Bonchev–Trinajstić information content (AvgIpc) is 2.48. The zero-order valence-corrected chi connectivity index (χ0v) is 12.3. The maximum atomic E-state index is 12.3. The van der Waals surface area contributed by atoms with E-state index in [1.807, 2.05) is 50.2 Å². The Morgan fingerprint density at radius 3 is 2.81 bits per heavy atom. The maximum Gasteiger partial charge on any atom is 0.255 e. The first-order valence-electron chi connectivity index (χ1n) is 6.82. The Morgan fingerprint density at radius 1 is 1.24 bits per heavy atom. The van der Waals surface area contributed by atoms with E-state index in [1.54, 1.807) is 12.1 Å². The second kappa shape index (κ2) is 6.75. The maximum absolute atomic E-state index is 12.3. The van der Waals surface area contributed by atoms with Crippen molar-refractivity contribution < 1.29 is 9.53 Å². The second-order valence-corrected chi connectivity index (χ2v) is 4.90. The van der Waals surface area contributed by atoms with Gasteiger partial charge in [0, 0.05) is 17.3 Å². The van der Waals surface area contributed by atoms with Crippen LogP contribution in [0.4, 0.5) is 5.69 Å². The molecule has 0 bridgehead atoms. The van der Waals surface area contributed by atoms with Gasteiger partial charge in [-0.05, 0) is 37.6 Å². The topological polar surface area (TPSA) is 38.3 Å². The molecule has 0 atom stereocenters. The smallest absolute Gasteiger partial charge is 0.255 e. The van der Waals surface area contributed by atoms with E-state index in [1.165, 1.54) is 0 Å². The lowest BCUT2D eigenvalue weighted by molar-refractivity contribution is 0.102. The summed E-state index contributed by atoms with van der Waals surface area (Å²) in [6.45, 7) is 7.95. The summed E-state index contributed by atoms with van der Waals surface area (Å²) in [5.74, 6) is 0.589. The molecule has 2 rings (SSSR count). The van der Waals surface area contributed by atoms with Crippen LogP contribution in [0.3, 0.4) is 0 Å². The standard InChI is InChI=1S/C18H19NO2/c1-4-10-21-16-7-5-6-15(12-16)19-18(20)17-11-13(2)8-9-14(17)3/h4-9,11-12H,1,10H2,2-3H3,(H,19,20). The van der Waals surface area contributed by atoms with Crippen LogP contribution >= 0.6 is 0 Å². The summed E-state index contributed by atoms with van der Waals surface area (Å²) in [6.07, 6.45) is 1.68. The van der Waals surface area contributed by atoms with Crippen molar-refractivity contribution in [1.29, 1.82) is 0 Å². The lowest BCUT2D eigenvalue weighted by Gasteiger charge is -2.10. The molecular formula is C18H19NO2. The molecule has 0 unspecified atom stereocenters. The molecular weight excluding hydrogens is 262 g/mol. The van der Waals surface area contributed by atoms with Crippen LogP contribution in [0.5, 0.6) is 5.75 Å². The minimum atomic E-state index is -0.114. The Balaban J connectivity index is 2.15. The number of hydrogen-bond donors (Lipinski definition) is 1.